The Morgan fingerprint density at radius 2 is 2.13 bits per heavy atom. The van der Waals surface area contributed by atoms with Crippen LogP contribution in [0.1, 0.15) is 53.8 Å². The molecule has 0 aliphatic heterocycles. The standard InChI is InChI=1S/C18H22N2O3/c1-11-7-13-14(9-18(2,3)10-15(13)23-11)19-17(22)12-5-6-20(4)16(21)8-12/h5-8,14H,9-10H2,1-4H3,(H,19,22)/t14-/m0/s1. The molecule has 1 N–H and O–H groups in total. The number of hydrogen-bond acceptors (Lipinski definition) is 3. The number of carbonyl (C=O) groups is 1. The molecular formula is C18H22N2O3. The van der Waals surface area contributed by atoms with Crippen molar-refractivity contribution in [3.05, 3.63) is 57.4 Å². The van der Waals surface area contributed by atoms with Crippen LogP contribution in [0.5, 0.6) is 0 Å². The van der Waals surface area contributed by atoms with Gasteiger partial charge in [-0.05, 0) is 30.9 Å². The van der Waals surface area contributed by atoms with Gasteiger partial charge in [0, 0.05) is 36.9 Å². The van der Waals surface area contributed by atoms with E-state index in [2.05, 4.69) is 19.2 Å². The number of amides is 1. The average molecular weight is 314 g/mol. The number of pyridine rings is 1. The summed E-state index contributed by atoms with van der Waals surface area (Å²) in [6, 6.07) is 4.93. The zero-order valence-electron chi connectivity index (χ0n) is 14.0. The second kappa shape index (κ2) is 5.41. The van der Waals surface area contributed by atoms with Crippen LogP contribution in [0.15, 0.2) is 33.6 Å². The van der Waals surface area contributed by atoms with Crippen molar-refractivity contribution in [2.45, 2.75) is 39.7 Å². The first-order chi connectivity index (χ1) is 10.7. The largest absolute Gasteiger partial charge is 0.466 e. The number of aromatic nitrogens is 1. The summed E-state index contributed by atoms with van der Waals surface area (Å²) in [4.78, 5) is 24.2. The molecule has 1 atom stereocenters. The Balaban J connectivity index is 1.88. The number of furan rings is 1. The monoisotopic (exact) mass is 314 g/mol. The number of aryl methyl sites for hydroxylation is 2. The molecule has 0 aromatic carbocycles. The lowest BCUT2D eigenvalue weighted by Gasteiger charge is -2.34. The second-order valence-corrected chi connectivity index (χ2v) is 7.17. The number of fused-ring (bicyclic) bond motifs is 1. The summed E-state index contributed by atoms with van der Waals surface area (Å²) >= 11 is 0. The van der Waals surface area contributed by atoms with Gasteiger partial charge in [0.15, 0.2) is 0 Å². The van der Waals surface area contributed by atoms with E-state index in [9.17, 15) is 9.59 Å². The van der Waals surface area contributed by atoms with Gasteiger partial charge in [-0.3, -0.25) is 9.59 Å². The molecule has 0 saturated heterocycles. The molecule has 0 fully saturated rings. The van der Waals surface area contributed by atoms with Crippen molar-refractivity contribution < 1.29 is 9.21 Å². The van der Waals surface area contributed by atoms with Crippen LogP contribution >= 0.6 is 0 Å². The van der Waals surface area contributed by atoms with Crippen LogP contribution in [0.25, 0.3) is 0 Å². The van der Waals surface area contributed by atoms with Crippen molar-refractivity contribution in [3.8, 4) is 0 Å². The number of rotatable bonds is 2. The minimum absolute atomic E-state index is 0.0576. The zero-order chi connectivity index (χ0) is 16.8. The van der Waals surface area contributed by atoms with Crippen molar-refractivity contribution in [3.63, 3.8) is 0 Å². The highest BCUT2D eigenvalue weighted by molar-refractivity contribution is 5.94. The van der Waals surface area contributed by atoms with Crippen LogP contribution in [-0.4, -0.2) is 10.5 Å². The summed E-state index contributed by atoms with van der Waals surface area (Å²) in [6.45, 7) is 6.27. The molecule has 0 bridgehead atoms. The third kappa shape index (κ3) is 3.09. The van der Waals surface area contributed by atoms with Crippen LogP contribution in [-0.2, 0) is 13.5 Å². The van der Waals surface area contributed by atoms with Gasteiger partial charge in [0.1, 0.15) is 11.5 Å². The van der Waals surface area contributed by atoms with Crippen molar-refractivity contribution in [1.29, 1.82) is 0 Å². The summed E-state index contributed by atoms with van der Waals surface area (Å²) in [5.74, 6) is 1.59. The summed E-state index contributed by atoms with van der Waals surface area (Å²) < 4.78 is 7.23. The van der Waals surface area contributed by atoms with E-state index < -0.39 is 0 Å². The predicted octanol–water partition coefficient (Wildman–Crippen LogP) is 2.73. The Morgan fingerprint density at radius 1 is 1.39 bits per heavy atom. The van der Waals surface area contributed by atoms with Gasteiger partial charge in [-0.15, -0.1) is 0 Å². The number of hydrogen-bond donors (Lipinski definition) is 1. The molecule has 2 aromatic rings. The van der Waals surface area contributed by atoms with Gasteiger partial charge in [0.2, 0.25) is 0 Å². The van der Waals surface area contributed by atoms with Crippen molar-refractivity contribution in [2.24, 2.45) is 12.5 Å². The third-order valence-corrected chi connectivity index (χ3v) is 4.41. The van der Waals surface area contributed by atoms with E-state index in [-0.39, 0.29) is 22.9 Å². The molecule has 0 spiro atoms. The van der Waals surface area contributed by atoms with Gasteiger partial charge in [0.25, 0.3) is 11.5 Å². The first-order valence-electron chi connectivity index (χ1n) is 7.82. The smallest absolute Gasteiger partial charge is 0.252 e. The molecule has 23 heavy (non-hydrogen) atoms. The predicted molar refractivity (Wildman–Crippen MR) is 87.4 cm³/mol. The highest BCUT2D eigenvalue weighted by Gasteiger charge is 2.35. The van der Waals surface area contributed by atoms with Crippen LogP contribution in [0.2, 0.25) is 0 Å². The Morgan fingerprint density at radius 3 is 2.83 bits per heavy atom. The Kier molecular flexibility index (Phi) is 3.66. The molecule has 5 heteroatoms. The number of nitrogens with zero attached hydrogens (tertiary/aromatic N) is 1. The van der Waals surface area contributed by atoms with E-state index in [0.29, 0.717) is 5.56 Å². The molecule has 0 unspecified atom stereocenters. The van der Waals surface area contributed by atoms with Crippen molar-refractivity contribution in [1.82, 2.24) is 9.88 Å². The van der Waals surface area contributed by atoms with Gasteiger partial charge in [-0.2, -0.15) is 0 Å². The second-order valence-electron chi connectivity index (χ2n) is 7.17. The molecule has 2 aromatic heterocycles. The lowest BCUT2D eigenvalue weighted by Crippen LogP contribution is -2.36. The van der Waals surface area contributed by atoms with E-state index in [1.807, 2.05) is 13.0 Å². The molecule has 2 heterocycles. The quantitative estimate of drug-likeness (QED) is 0.927. The SMILES string of the molecule is Cc1cc2c(o1)CC(C)(C)C[C@@H]2NC(=O)c1ccn(C)c(=O)c1. The molecule has 5 nitrogen and oxygen atoms in total. The number of nitrogens with one attached hydrogen (secondary N) is 1. The molecule has 3 rings (SSSR count). The molecule has 1 aliphatic rings. The maximum absolute atomic E-state index is 12.5. The Labute approximate surface area is 135 Å². The minimum Gasteiger partial charge on any atom is -0.466 e. The first-order valence-corrected chi connectivity index (χ1v) is 7.82. The summed E-state index contributed by atoms with van der Waals surface area (Å²) in [7, 11) is 1.66. The lowest BCUT2D eigenvalue weighted by atomic mass is 9.74. The van der Waals surface area contributed by atoms with Gasteiger partial charge >= 0.3 is 0 Å². The summed E-state index contributed by atoms with van der Waals surface area (Å²) in [5, 5.41) is 3.06. The highest BCUT2D eigenvalue weighted by Crippen LogP contribution is 2.42. The lowest BCUT2D eigenvalue weighted by molar-refractivity contribution is 0.0917. The molecule has 0 radical (unpaired) electrons. The minimum atomic E-state index is -0.227. The van der Waals surface area contributed by atoms with E-state index in [0.717, 1.165) is 29.9 Å². The fourth-order valence-electron chi connectivity index (χ4n) is 3.24. The van der Waals surface area contributed by atoms with Crippen LogP contribution in [0.3, 0.4) is 0 Å². The third-order valence-electron chi connectivity index (χ3n) is 4.41. The van der Waals surface area contributed by atoms with Crippen LogP contribution in [0, 0.1) is 12.3 Å². The fourth-order valence-corrected chi connectivity index (χ4v) is 3.24. The Bertz CT molecular complexity index is 814. The van der Waals surface area contributed by atoms with Gasteiger partial charge in [-0.25, -0.2) is 0 Å². The normalized spacial score (nSPS) is 19.2. The first kappa shape index (κ1) is 15.6. The van der Waals surface area contributed by atoms with E-state index in [4.69, 9.17) is 4.42 Å². The van der Waals surface area contributed by atoms with E-state index in [1.54, 1.807) is 19.3 Å². The Hall–Kier alpha value is -2.30. The van der Waals surface area contributed by atoms with Crippen LogP contribution in [0.4, 0.5) is 0 Å². The van der Waals surface area contributed by atoms with Gasteiger partial charge in [0.05, 0.1) is 6.04 Å². The van der Waals surface area contributed by atoms with E-state index >= 15 is 0 Å². The topological polar surface area (TPSA) is 64.2 Å². The average Bonchev–Trinajstić information content (AvgIpc) is 2.80. The highest BCUT2D eigenvalue weighted by atomic mass is 16.3. The van der Waals surface area contributed by atoms with Gasteiger partial charge < -0.3 is 14.3 Å². The molecule has 0 saturated carbocycles. The number of carbonyl (C=O) groups excluding carboxylic acids is 1. The molecular weight excluding hydrogens is 292 g/mol. The van der Waals surface area contributed by atoms with Gasteiger partial charge in [-0.1, -0.05) is 13.8 Å². The maximum Gasteiger partial charge on any atom is 0.252 e. The molecule has 1 aliphatic carbocycles. The van der Waals surface area contributed by atoms with Crippen LogP contribution < -0.4 is 10.9 Å². The zero-order valence-corrected chi connectivity index (χ0v) is 14.0. The van der Waals surface area contributed by atoms with Crippen molar-refractivity contribution in [2.75, 3.05) is 0 Å². The summed E-state index contributed by atoms with van der Waals surface area (Å²) in [6.07, 6.45) is 3.32. The van der Waals surface area contributed by atoms with E-state index in [1.165, 1.54) is 10.6 Å². The summed E-state index contributed by atoms with van der Waals surface area (Å²) in [5.41, 5.74) is 1.31. The van der Waals surface area contributed by atoms with Crippen molar-refractivity contribution >= 4 is 5.91 Å². The molecule has 122 valence electrons. The maximum atomic E-state index is 12.5. The molecule has 1 amide bonds. The fraction of sp³-hybridized carbons (Fsp3) is 0.444.